The fourth-order valence-corrected chi connectivity index (χ4v) is 8.36. The largest absolute Gasteiger partial charge is 0.456 e. The van der Waals surface area contributed by atoms with Gasteiger partial charge in [-0.15, -0.1) is 0 Å². The van der Waals surface area contributed by atoms with Crippen LogP contribution in [0.5, 0.6) is 0 Å². The molecule has 0 fully saturated rings. The van der Waals surface area contributed by atoms with Gasteiger partial charge in [0.15, 0.2) is 0 Å². The molecule has 0 spiro atoms. The first-order valence-corrected chi connectivity index (χ1v) is 18.5. The summed E-state index contributed by atoms with van der Waals surface area (Å²) in [4.78, 5) is 2.41. The minimum absolute atomic E-state index is 0.919. The van der Waals surface area contributed by atoms with Crippen LogP contribution in [0.4, 0.5) is 17.1 Å². The fourth-order valence-electron chi connectivity index (χ4n) is 8.36. The maximum Gasteiger partial charge on any atom is 0.136 e. The molecule has 0 aliphatic carbocycles. The third kappa shape index (κ3) is 4.96. The molecule has 0 amide bonds. The van der Waals surface area contributed by atoms with Crippen LogP contribution < -0.4 is 4.90 Å². The number of hydrogen-bond acceptors (Lipinski definition) is 2. The third-order valence-corrected chi connectivity index (χ3v) is 11.0. The van der Waals surface area contributed by atoms with Crippen molar-refractivity contribution in [3.8, 4) is 22.3 Å². The predicted molar refractivity (Wildman–Crippen MR) is 229 cm³/mol. The van der Waals surface area contributed by atoms with Gasteiger partial charge in [0, 0.05) is 27.5 Å². The molecule has 11 aromatic rings. The molecule has 0 aliphatic heterocycles. The Kier molecular flexibility index (Phi) is 6.90. The molecule has 2 heteroatoms. The Labute approximate surface area is 312 Å². The van der Waals surface area contributed by atoms with Crippen molar-refractivity contribution >= 4 is 82.1 Å². The highest BCUT2D eigenvalue weighted by molar-refractivity contribution is 6.17. The maximum absolute atomic E-state index is 6.24. The summed E-state index contributed by atoms with van der Waals surface area (Å²) < 4.78 is 6.24. The molecule has 10 aromatic carbocycles. The Bertz CT molecular complexity index is 3200. The van der Waals surface area contributed by atoms with Crippen LogP contribution in [0.3, 0.4) is 0 Å². The predicted octanol–water partition coefficient (Wildman–Crippen LogP) is 15.0. The standard InChI is InChI=1S/C52H33NO/c1-3-10-34(11-4-1)36-20-24-41(25-21-36)53(50-16-9-15-45-43-27-22-37(35-12-5-2-6-13-35)30-38(43)23-28-46(45)50)42-26-29-44-39(31-42)18-19-40-32-52-49(33-48(40)44)47-14-7-8-17-51(47)54-52/h1-33H. The molecule has 252 valence electrons. The van der Waals surface area contributed by atoms with Gasteiger partial charge in [0.05, 0.1) is 5.69 Å². The smallest absolute Gasteiger partial charge is 0.136 e. The van der Waals surface area contributed by atoms with Crippen LogP contribution in [0.1, 0.15) is 0 Å². The highest BCUT2D eigenvalue weighted by Crippen LogP contribution is 2.43. The van der Waals surface area contributed by atoms with Crippen LogP contribution in [0.25, 0.3) is 87.3 Å². The van der Waals surface area contributed by atoms with E-state index in [0.29, 0.717) is 0 Å². The van der Waals surface area contributed by atoms with E-state index in [1.807, 2.05) is 12.1 Å². The van der Waals surface area contributed by atoms with Gasteiger partial charge in [-0.3, -0.25) is 0 Å². The number of rotatable bonds is 5. The Morgan fingerprint density at radius 2 is 0.852 bits per heavy atom. The van der Waals surface area contributed by atoms with Gasteiger partial charge in [0.25, 0.3) is 0 Å². The molecule has 0 radical (unpaired) electrons. The maximum atomic E-state index is 6.24. The van der Waals surface area contributed by atoms with Crippen molar-refractivity contribution in [2.45, 2.75) is 0 Å². The van der Waals surface area contributed by atoms with E-state index >= 15 is 0 Å². The van der Waals surface area contributed by atoms with Gasteiger partial charge in [0.1, 0.15) is 11.2 Å². The lowest BCUT2D eigenvalue weighted by molar-refractivity contribution is 0.669. The Morgan fingerprint density at radius 3 is 1.67 bits per heavy atom. The summed E-state index contributed by atoms with van der Waals surface area (Å²) in [7, 11) is 0. The molecule has 0 aliphatic rings. The molecule has 0 N–H and O–H groups in total. The zero-order valence-electron chi connectivity index (χ0n) is 29.4. The molecule has 0 atom stereocenters. The van der Waals surface area contributed by atoms with Crippen molar-refractivity contribution in [1.82, 2.24) is 0 Å². The van der Waals surface area contributed by atoms with E-state index in [0.717, 1.165) is 39.0 Å². The van der Waals surface area contributed by atoms with E-state index in [1.165, 1.54) is 65.3 Å². The van der Waals surface area contributed by atoms with E-state index in [9.17, 15) is 0 Å². The lowest BCUT2D eigenvalue weighted by Crippen LogP contribution is -2.10. The van der Waals surface area contributed by atoms with Crippen LogP contribution in [0.2, 0.25) is 0 Å². The highest BCUT2D eigenvalue weighted by Gasteiger charge is 2.18. The summed E-state index contributed by atoms with van der Waals surface area (Å²) in [6.07, 6.45) is 0. The third-order valence-electron chi connectivity index (χ3n) is 11.0. The van der Waals surface area contributed by atoms with Crippen molar-refractivity contribution in [1.29, 1.82) is 0 Å². The molecule has 1 aromatic heterocycles. The van der Waals surface area contributed by atoms with Crippen molar-refractivity contribution in [2.24, 2.45) is 0 Å². The van der Waals surface area contributed by atoms with Gasteiger partial charge in [-0.2, -0.15) is 0 Å². The van der Waals surface area contributed by atoms with E-state index in [4.69, 9.17) is 4.42 Å². The summed E-state index contributed by atoms with van der Waals surface area (Å²) >= 11 is 0. The molecule has 0 unspecified atom stereocenters. The molecular formula is C52H33NO. The molecule has 0 saturated heterocycles. The summed E-state index contributed by atoms with van der Waals surface area (Å²) in [5, 5.41) is 12.0. The van der Waals surface area contributed by atoms with Gasteiger partial charge >= 0.3 is 0 Å². The van der Waals surface area contributed by atoms with Crippen LogP contribution in [0.15, 0.2) is 205 Å². The summed E-state index contributed by atoms with van der Waals surface area (Å²) in [6, 6.07) is 72.4. The van der Waals surface area contributed by atoms with Gasteiger partial charge < -0.3 is 9.32 Å². The normalized spacial score (nSPS) is 11.7. The minimum atomic E-state index is 0.919. The Balaban J connectivity index is 1.09. The lowest BCUT2D eigenvalue weighted by atomic mass is 9.96. The molecule has 54 heavy (non-hydrogen) atoms. The number of anilines is 3. The SMILES string of the molecule is c1ccc(-c2ccc(N(c3ccc4c(ccc5cc6oc7ccccc7c6cc54)c3)c3cccc4c3ccc3cc(-c5ccccc5)ccc34)cc2)cc1. The summed E-state index contributed by atoms with van der Waals surface area (Å²) in [6.45, 7) is 0. The monoisotopic (exact) mass is 687 g/mol. The van der Waals surface area contributed by atoms with Crippen LogP contribution in [0, 0.1) is 0 Å². The zero-order chi connectivity index (χ0) is 35.6. The highest BCUT2D eigenvalue weighted by atomic mass is 16.3. The van der Waals surface area contributed by atoms with Crippen molar-refractivity contribution in [3.63, 3.8) is 0 Å². The molecule has 1 heterocycles. The second-order valence-electron chi connectivity index (χ2n) is 14.1. The average Bonchev–Trinajstić information content (AvgIpc) is 3.61. The molecule has 0 bridgehead atoms. The summed E-state index contributed by atoms with van der Waals surface area (Å²) in [5.41, 5.74) is 10.0. The van der Waals surface area contributed by atoms with E-state index in [-0.39, 0.29) is 0 Å². The molecular weight excluding hydrogens is 655 g/mol. The van der Waals surface area contributed by atoms with Crippen LogP contribution >= 0.6 is 0 Å². The number of para-hydroxylation sites is 1. The number of hydrogen-bond donors (Lipinski definition) is 0. The topological polar surface area (TPSA) is 16.4 Å². The number of fused-ring (bicyclic) bond motifs is 9. The summed E-state index contributed by atoms with van der Waals surface area (Å²) in [5.74, 6) is 0. The molecule has 0 saturated carbocycles. The van der Waals surface area contributed by atoms with Crippen LogP contribution in [-0.4, -0.2) is 0 Å². The van der Waals surface area contributed by atoms with E-state index < -0.39 is 0 Å². The second kappa shape index (κ2) is 12.2. The number of nitrogens with zero attached hydrogens (tertiary/aromatic N) is 1. The average molecular weight is 688 g/mol. The first kappa shape index (κ1) is 30.5. The van der Waals surface area contributed by atoms with Crippen molar-refractivity contribution in [2.75, 3.05) is 4.90 Å². The molecule has 2 nitrogen and oxygen atoms in total. The van der Waals surface area contributed by atoms with Gasteiger partial charge in [-0.25, -0.2) is 0 Å². The fraction of sp³-hybridized carbons (Fsp3) is 0. The minimum Gasteiger partial charge on any atom is -0.456 e. The number of benzene rings is 10. The van der Waals surface area contributed by atoms with Gasteiger partial charge in [-0.1, -0.05) is 146 Å². The Morgan fingerprint density at radius 1 is 0.278 bits per heavy atom. The van der Waals surface area contributed by atoms with Crippen LogP contribution in [-0.2, 0) is 0 Å². The second-order valence-corrected chi connectivity index (χ2v) is 14.1. The van der Waals surface area contributed by atoms with Crippen molar-refractivity contribution in [3.05, 3.63) is 200 Å². The number of furan rings is 1. The van der Waals surface area contributed by atoms with Crippen molar-refractivity contribution < 1.29 is 4.42 Å². The van der Waals surface area contributed by atoms with Gasteiger partial charge in [-0.05, 0) is 115 Å². The van der Waals surface area contributed by atoms with Gasteiger partial charge in [0.2, 0.25) is 0 Å². The molecule has 11 rings (SSSR count). The van der Waals surface area contributed by atoms with E-state index in [2.05, 4.69) is 193 Å². The lowest BCUT2D eigenvalue weighted by Gasteiger charge is -2.28. The Hall–Kier alpha value is -7.16. The first-order valence-electron chi connectivity index (χ1n) is 18.5. The van der Waals surface area contributed by atoms with E-state index in [1.54, 1.807) is 0 Å². The zero-order valence-corrected chi connectivity index (χ0v) is 29.4. The quantitative estimate of drug-likeness (QED) is 0.168. The first-order chi connectivity index (χ1) is 26.7.